The van der Waals surface area contributed by atoms with Gasteiger partial charge in [-0.25, -0.2) is 9.18 Å². The van der Waals surface area contributed by atoms with Gasteiger partial charge in [0.05, 0.1) is 38.2 Å². The topological polar surface area (TPSA) is 112 Å². The summed E-state index contributed by atoms with van der Waals surface area (Å²) in [5.74, 6) is -1.32. The second-order valence-corrected chi connectivity index (χ2v) is 11.0. The molecule has 0 aromatic heterocycles. The molecular formula is C31H42FN3O6. The predicted molar refractivity (Wildman–Crippen MR) is 153 cm³/mol. The molecule has 2 aliphatic heterocycles. The van der Waals surface area contributed by atoms with E-state index in [9.17, 15) is 19.1 Å². The van der Waals surface area contributed by atoms with E-state index < -0.39 is 30.4 Å². The zero-order chi connectivity index (χ0) is 29.9. The molecule has 1 saturated heterocycles. The third-order valence-corrected chi connectivity index (χ3v) is 7.49. The van der Waals surface area contributed by atoms with Crippen LogP contribution in [0.1, 0.15) is 52.0 Å². The predicted octanol–water partition coefficient (Wildman–Crippen LogP) is 4.70. The molecule has 0 aliphatic carbocycles. The van der Waals surface area contributed by atoms with Gasteiger partial charge in [0.2, 0.25) is 0 Å². The molecule has 1 fully saturated rings. The molecule has 0 spiro atoms. The summed E-state index contributed by atoms with van der Waals surface area (Å²) in [5, 5.41) is 19.3. The maximum Gasteiger partial charge on any atom is 0.410 e. The number of nitrogens with zero attached hydrogens (tertiary/aromatic N) is 3. The largest absolute Gasteiger partial charge is 0.457 e. The first-order chi connectivity index (χ1) is 19.6. The highest BCUT2D eigenvalue weighted by Gasteiger charge is 2.28. The van der Waals surface area contributed by atoms with E-state index in [1.165, 1.54) is 17.0 Å². The number of benzene rings is 1. The molecule has 0 saturated carbocycles. The Labute approximate surface area is 242 Å². The highest BCUT2D eigenvalue weighted by molar-refractivity contribution is 5.71. The van der Waals surface area contributed by atoms with Crippen LogP contribution in [0.4, 0.5) is 14.9 Å². The Bertz CT molecular complexity index is 1140. The lowest BCUT2D eigenvalue weighted by Crippen LogP contribution is -2.36. The molecule has 3 rings (SSSR count). The SMILES string of the molecule is C/C(=C\c1cc(F)cc(N2CCOCC2)c1)[C@H]1OC(=O)C[C@H](O)CC[C@H](C)[C@@H](OC(=O)N(C)CCC#N)/C=C\[C@@H]1C. The number of halogens is 1. The molecule has 2 heterocycles. The summed E-state index contributed by atoms with van der Waals surface area (Å²) in [4.78, 5) is 28.9. The highest BCUT2D eigenvalue weighted by Crippen LogP contribution is 2.27. The lowest BCUT2D eigenvalue weighted by molar-refractivity contribution is -0.151. The average Bonchev–Trinajstić information content (AvgIpc) is 2.94. The van der Waals surface area contributed by atoms with Gasteiger partial charge in [-0.05, 0) is 61.1 Å². The first-order valence-electron chi connectivity index (χ1n) is 14.2. The number of cyclic esters (lactones) is 1. The minimum absolute atomic E-state index is 0.127. The maximum atomic E-state index is 14.6. The summed E-state index contributed by atoms with van der Waals surface area (Å²) in [5.41, 5.74) is 2.11. The number of hydrogen-bond donors (Lipinski definition) is 1. The van der Waals surface area contributed by atoms with Crippen LogP contribution < -0.4 is 4.90 Å². The van der Waals surface area contributed by atoms with E-state index in [1.54, 1.807) is 13.1 Å². The molecule has 9 nitrogen and oxygen atoms in total. The lowest BCUT2D eigenvalue weighted by atomic mass is 9.91. The van der Waals surface area contributed by atoms with E-state index in [2.05, 4.69) is 4.90 Å². The van der Waals surface area contributed by atoms with Gasteiger partial charge in [-0.1, -0.05) is 26.0 Å². The monoisotopic (exact) mass is 571 g/mol. The molecule has 0 bridgehead atoms. The van der Waals surface area contributed by atoms with E-state index in [0.717, 1.165) is 5.69 Å². The van der Waals surface area contributed by atoms with Gasteiger partial charge in [-0.2, -0.15) is 5.26 Å². The second kappa shape index (κ2) is 15.5. The Hall–Kier alpha value is -3.42. The van der Waals surface area contributed by atoms with Crippen LogP contribution in [0.3, 0.4) is 0 Å². The number of anilines is 1. The van der Waals surface area contributed by atoms with Crippen LogP contribution in [-0.4, -0.2) is 80.3 Å². The summed E-state index contributed by atoms with van der Waals surface area (Å²) in [6.45, 7) is 8.42. The van der Waals surface area contributed by atoms with Crippen molar-refractivity contribution in [3.63, 3.8) is 0 Å². The first kappa shape index (κ1) is 32.1. The van der Waals surface area contributed by atoms with Gasteiger partial charge in [0.1, 0.15) is 18.0 Å². The number of aliphatic hydroxyl groups excluding tert-OH is 1. The fourth-order valence-corrected chi connectivity index (χ4v) is 4.99. The summed E-state index contributed by atoms with van der Waals surface area (Å²) in [6.07, 6.45) is 3.66. The summed E-state index contributed by atoms with van der Waals surface area (Å²) in [6, 6.07) is 6.86. The second-order valence-electron chi connectivity index (χ2n) is 11.0. The van der Waals surface area contributed by atoms with Gasteiger partial charge < -0.3 is 29.1 Å². The fourth-order valence-electron chi connectivity index (χ4n) is 4.99. The molecule has 2 aliphatic rings. The van der Waals surface area contributed by atoms with Crippen LogP contribution >= 0.6 is 0 Å². The van der Waals surface area contributed by atoms with Crippen LogP contribution in [0.2, 0.25) is 0 Å². The number of carbonyl (C=O) groups is 2. The number of ether oxygens (including phenoxy) is 3. The number of esters is 1. The van der Waals surface area contributed by atoms with E-state index in [4.69, 9.17) is 19.5 Å². The standard InChI is InChI=1S/C31H42FN3O6/c1-21-6-8-27(36)20-29(37)41-30(22(2)7-9-28(21)40-31(38)34(4)11-5-10-33)23(3)16-24-17-25(32)19-26(18-24)35-12-14-39-15-13-35/h7,9,16-19,21-22,27-28,30,36H,5-6,8,11-15,20H2,1-4H3/b9-7-,23-16+/t21-,22-,27+,28-,30-/m0/s1. The Balaban J connectivity index is 1.87. The smallest absolute Gasteiger partial charge is 0.410 e. The van der Waals surface area contributed by atoms with Gasteiger partial charge in [0.15, 0.2) is 0 Å². The first-order valence-corrected chi connectivity index (χ1v) is 14.2. The number of amides is 1. The number of aliphatic hydroxyl groups is 1. The Morgan fingerprint density at radius 1 is 1.24 bits per heavy atom. The van der Waals surface area contributed by atoms with Gasteiger partial charge >= 0.3 is 12.1 Å². The molecule has 10 heteroatoms. The zero-order valence-electron chi connectivity index (χ0n) is 24.4. The number of hydrogen-bond acceptors (Lipinski definition) is 8. The molecular weight excluding hydrogens is 529 g/mol. The van der Waals surface area contributed by atoms with Gasteiger partial charge in [0, 0.05) is 38.3 Å². The van der Waals surface area contributed by atoms with Gasteiger partial charge in [-0.3, -0.25) is 4.79 Å². The molecule has 1 aromatic rings. The molecule has 41 heavy (non-hydrogen) atoms. The maximum absolute atomic E-state index is 14.6. The molecule has 1 amide bonds. The Morgan fingerprint density at radius 3 is 2.68 bits per heavy atom. The van der Waals surface area contributed by atoms with E-state index in [1.807, 2.05) is 45.1 Å². The van der Waals surface area contributed by atoms with Gasteiger partial charge in [0.25, 0.3) is 0 Å². The van der Waals surface area contributed by atoms with Crippen molar-refractivity contribution in [2.75, 3.05) is 44.8 Å². The van der Waals surface area contributed by atoms with Crippen molar-refractivity contribution in [3.05, 3.63) is 47.3 Å². The Morgan fingerprint density at radius 2 is 1.98 bits per heavy atom. The lowest BCUT2D eigenvalue weighted by Gasteiger charge is -2.29. The molecule has 0 radical (unpaired) electrons. The quantitative estimate of drug-likeness (QED) is 0.386. The van der Waals surface area contributed by atoms with Crippen molar-refractivity contribution in [1.82, 2.24) is 4.90 Å². The molecule has 0 unspecified atom stereocenters. The normalized spacial score (nSPS) is 27.0. The summed E-state index contributed by atoms with van der Waals surface area (Å²) in [7, 11) is 1.58. The van der Waals surface area contributed by atoms with Crippen LogP contribution in [-0.2, 0) is 19.0 Å². The third kappa shape index (κ3) is 9.87. The van der Waals surface area contributed by atoms with Gasteiger partial charge in [-0.15, -0.1) is 0 Å². The third-order valence-electron chi connectivity index (χ3n) is 7.49. The molecule has 5 atom stereocenters. The average molecular weight is 572 g/mol. The van der Waals surface area contributed by atoms with Crippen molar-refractivity contribution in [2.45, 2.75) is 64.8 Å². The van der Waals surface area contributed by atoms with Crippen molar-refractivity contribution >= 4 is 23.8 Å². The molecule has 1 N–H and O–H groups in total. The van der Waals surface area contributed by atoms with Crippen molar-refractivity contribution in [1.29, 1.82) is 5.26 Å². The van der Waals surface area contributed by atoms with Crippen molar-refractivity contribution < 1.29 is 33.3 Å². The fraction of sp³-hybridized carbons (Fsp3) is 0.581. The van der Waals surface area contributed by atoms with Crippen LogP contribution in [0, 0.1) is 29.0 Å². The minimum atomic E-state index is -0.900. The van der Waals surface area contributed by atoms with Crippen LogP contribution in [0.15, 0.2) is 35.9 Å². The van der Waals surface area contributed by atoms with E-state index >= 15 is 0 Å². The summed E-state index contributed by atoms with van der Waals surface area (Å²) < 4.78 is 31.6. The van der Waals surface area contributed by atoms with Crippen LogP contribution in [0.5, 0.6) is 0 Å². The van der Waals surface area contributed by atoms with Crippen molar-refractivity contribution in [3.8, 4) is 6.07 Å². The van der Waals surface area contributed by atoms with E-state index in [-0.39, 0.29) is 37.0 Å². The molecule has 224 valence electrons. The number of nitriles is 1. The highest BCUT2D eigenvalue weighted by atomic mass is 19.1. The van der Waals surface area contributed by atoms with Crippen LogP contribution in [0.25, 0.3) is 6.08 Å². The van der Waals surface area contributed by atoms with E-state index in [0.29, 0.717) is 50.3 Å². The minimum Gasteiger partial charge on any atom is -0.457 e. The Kier molecular flexibility index (Phi) is 12.2. The zero-order valence-corrected chi connectivity index (χ0v) is 24.4. The number of morpholine rings is 1. The number of carbonyl (C=O) groups excluding carboxylic acids is 2. The number of rotatable bonds is 6. The summed E-state index contributed by atoms with van der Waals surface area (Å²) >= 11 is 0. The van der Waals surface area contributed by atoms with Crippen molar-refractivity contribution in [2.24, 2.45) is 11.8 Å². The molecule has 1 aromatic carbocycles.